The fraction of sp³-hybridized carbons (Fsp3) is 0.381. The SMILES string of the molecule is COc1ccc(CCC(CCc2ccc(OC)cc2)CC(=O)O)cc1. The minimum Gasteiger partial charge on any atom is -0.497 e. The molecule has 134 valence electrons. The number of hydrogen-bond acceptors (Lipinski definition) is 3. The van der Waals surface area contributed by atoms with Crippen molar-refractivity contribution in [2.75, 3.05) is 14.2 Å². The summed E-state index contributed by atoms with van der Waals surface area (Å²) in [7, 11) is 3.30. The van der Waals surface area contributed by atoms with Gasteiger partial charge in [-0.05, 0) is 67.0 Å². The first-order valence-electron chi connectivity index (χ1n) is 8.58. The van der Waals surface area contributed by atoms with E-state index in [1.54, 1.807) is 14.2 Å². The van der Waals surface area contributed by atoms with Crippen molar-refractivity contribution in [3.8, 4) is 11.5 Å². The van der Waals surface area contributed by atoms with Gasteiger partial charge in [0.05, 0.1) is 14.2 Å². The summed E-state index contributed by atoms with van der Waals surface area (Å²) in [4.78, 5) is 11.2. The fourth-order valence-electron chi connectivity index (χ4n) is 2.92. The van der Waals surface area contributed by atoms with E-state index < -0.39 is 5.97 Å². The van der Waals surface area contributed by atoms with E-state index in [4.69, 9.17) is 9.47 Å². The fourth-order valence-corrected chi connectivity index (χ4v) is 2.92. The van der Waals surface area contributed by atoms with Gasteiger partial charge >= 0.3 is 5.97 Å². The molecule has 0 aliphatic rings. The Bertz CT molecular complexity index is 595. The lowest BCUT2D eigenvalue weighted by atomic mass is 9.90. The Kier molecular flexibility index (Phi) is 7.33. The highest BCUT2D eigenvalue weighted by molar-refractivity contribution is 5.67. The van der Waals surface area contributed by atoms with E-state index in [1.165, 1.54) is 11.1 Å². The van der Waals surface area contributed by atoms with Crippen molar-refractivity contribution < 1.29 is 19.4 Å². The van der Waals surface area contributed by atoms with Crippen molar-refractivity contribution >= 4 is 5.97 Å². The Morgan fingerprint density at radius 1 is 0.840 bits per heavy atom. The summed E-state index contributed by atoms with van der Waals surface area (Å²) in [6, 6.07) is 15.9. The Morgan fingerprint density at radius 2 is 1.24 bits per heavy atom. The number of benzene rings is 2. The largest absolute Gasteiger partial charge is 0.497 e. The second-order valence-corrected chi connectivity index (χ2v) is 6.24. The summed E-state index contributed by atoms with van der Waals surface area (Å²) in [6.07, 6.45) is 3.71. The van der Waals surface area contributed by atoms with Gasteiger partial charge in [-0.2, -0.15) is 0 Å². The number of aliphatic carboxylic acids is 1. The van der Waals surface area contributed by atoms with Crippen molar-refractivity contribution in [1.29, 1.82) is 0 Å². The maximum absolute atomic E-state index is 11.2. The highest BCUT2D eigenvalue weighted by Crippen LogP contribution is 2.22. The van der Waals surface area contributed by atoms with E-state index in [0.717, 1.165) is 37.2 Å². The lowest BCUT2D eigenvalue weighted by Gasteiger charge is -2.15. The molecule has 0 radical (unpaired) electrons. The molecular weight excluding hydrogens is 316 g/mol. The zero-order valence-electron chi connectivity index (χ0n) is 14.9. The van der Waals surface area contributed by atoms with Gasteiger partial charge in [0.2, 0.25) is 0 Å². The molecule has 25 heavy (non-hydrogen) atoms. The normalized spacial score (nSPS) is 10.7. The molecule has 2 rings (SSSR count). The molecule has 0 heterocycles. The molecule has 2 aromatic carbocycles. The Labute approximate surface area is 149 Å². The van der Waals surface area contributed by atoms with Gasteiger partial charge in [0, 0.05) is 6.42 Å². The van der Waals surface area contributed by atoms with Gasteiger partial charge in [-0.1, -0.05) is 24.3 Å². The first-order chi connectivity index (χ1) is 12.1. The molecule has 1 N–H and O–H groups in total. The summed E-state index contributed by atoms with van der Waals surface area (Å²) in [5, 5.41) is 9.18. The first-order valence-corrected chi connectivity index (χ1v) is 8.58. The number of carboxylic acid groups (broad SMARTS) is 1. The third-order valence-corrected chi connectivity index (χ3v) is 4.46. The van der Waals surface area contributed by atoms with Gasteiger partial charge in [-0.25, -0.2) is 0 Å². The summed E-state index contributed by atoms with van der Waals surface area (Å²) < 4.78 is 10.3. The number of hydrogen-bond donors (Lipinski definition) is 1. The standard InChI is InChI=1S/C21H26O4/c1-24-19-11-7-16(8-12-19)3-5-18(15-21(22)23)6-4-17-9-13-20(25-2)14-10-17/h7-14,18H,3-6,15H2,1-2H3,(H,22,23). The number of methoxy groups -OCH3 is 2. The number of carboxylic acids is 1. The molecule has 0 saturated carbocycles. The van der Waals surface area contributed by atoms with Crippen LogP contribution in [0.3, 0.4) is 0 Å². The van der Waals surface area contributed by atoms with E-state index >= 15 is 0 Å². The van der Waals surface area contributed by atoms with Crippen LogP contribution in [0.4, 0.5) is 0 Å². The Hall–Kier alpha value is -2.49. The second kappa shape index (κ2) is 9.72. The quantitative estimate of drug-likeness (QED) is 0.697. The number of ether oxygens (including phenoxy) is 2. The van der Waals surface area contributed by atoms with Crippen molar-refractivity contribution in [2.24, 2.45) is 5.92 Å². The van der Waals surface area contributed by atoms with Crippen LogP contribution in [-0.4, -0.2) is 25.3 Å². The van der Waals surface area contributed by atoms with Crippen LogP contribution in [-0.2, 0) is 17.6 Å². The molecule has 0 fully saturated rings. The van der Waals surface area contributed by atoms with Crippen molar-refractivity contribution in [1.82, 2.24) is 0 Å². The predicted molar refractivity (Wildman–Crippen MR) is 98.4 cm³/mol. The van der Waals surface area contributed by atoms with Gasteiger partial charge in [-0.15, -0.1) is 0 Å². The molecule has 0 aliphatic heterocycles. The smallest absolute Gasteiger partial charge is 0.303 e. The maximum atomic E-state index is 11.2. The molecule has 0 atom stereocenters. The van der Waals surface area contributed by atoms with E-state index in [9.17, 15) is 9.90 Å². The van der Waals surface area contributed by atoms with E-state index in [-0.39, 0.29) is 12.3 Å². The van der Waals surface area contributed by atoms with Crippen LogP contribution in [0, 0.1) is 5.92 Å². The first kappa shape index (κ1) is 18.8. The third kappa shape index (κ3) is 6.49. The molecule has 4 heteroatoms. The molecule has 0 unspecified atom stereocenters. The Balaban J connectivity index is 1.89. The summed E-state index contributed by atoms with van der Waals surface area (Å²) >= 11 is 0. The van der Waals surface area contributed by atoms with Crippen molar-refractivity contribution in [2.45, 2.75) is 32.1 Å². The molecular formula is C21H26O4. The van der Waals surface area contributed by atoms with Crippen molar-refractivity contribution in [3.05, 3.63) is 59.7 Å². The number of rotatable bonds is 10. The molecule has 0 aromatic heterocycles. The van der Waals surface area contributed by atoms with Gasteiger partial charge < -0.3 is 14.6 Å². The third-order valence-electron chi connectivity index (χ3n) is 4.46. The van der Waals surface area contributed by atoms with Gasteiger partial charge in [0.1, 0.15) is 11.5 Å². The van der Waals surface area contributed by atoms with Crippen LogP contribution in [0.1, 0.15) is 30.4 Å². The van der Waals surface area contributed by atoms with Crippen LogP contribution in [0.15, 0.2) is 48.5 Å². The van der Waals surface area contributed by atoms with Crippen molar-refractivity contribution in [3.63, 3.8) is 0 Å². The van der Waals surface area contributed by atoms with Crippen LogP contribution in [0.25, 0.3) is 0 Å². The highest BCUT2D eigenvalue weighted by Gasteiger charge is 2.14. The van der Waals surface area contributed by atoms with Crippen LogP contribution < -0.4 is 9.47 Å². The van der Waals surface area contributed by atoms with Crippen LogP contribution in [0.2, 0.25) is 0 Å². The van der Waals surface area contributed by atoms with Gasteiger partial charge in [0.15, 0.2) is 0 Å². The molecule has 0 aliphatic carbocycles. The summed E-state index contributed by atoms with van der Waals surface area (Å²) in [6.45, 7) is 0. The van der Waals surface area contributed by atoms with E-state index in [1.807, 2.05) is 48.5 Å². The average molecular weight is 342 g/mol. The lowest BCUT2D eigenvalue weighted by molar-refractivity contribution is -0.138. The number of aryl methyl sites for hydroxylation is 2. The van der Waals surface area contributed by atoms with Gasteiger partial charge in [-0.3, -0.25) is 4.79 Å². The molecule has 0 amide bonds. The van der Waals surface area contributed by atoms with Crippen LogP contribution >= 0.6 is 0 Å². The predicted octanol–water partition coefficient (Wildman–Crippen LogP) is 4.36. The summed E-state index contributed by atoms with van der Waals surface area (Å²) in [5.41, 5.74) is 2.42. The Morgan fingerprint density at radius 3 is 1.56 bits per heavy atom. The molecule has 0 bridgehead atoms. The summed E-state index contributed by atoms with van der Waals surface area (Å²) in [5.74, 6) is 1.12. The van der Waals surface area contributed by atoms with Crippen LogP contribution in [0.5, 0.6) is 11.5 Å². The average Bonchev–Trinajstić information content (AvgIpc) is 2.64. The number of carbonyl (C=O) groups is 1. The lowest BCUT2D eigenvalue weighted by Crippen LogP contribution is -2.10. The monoisotopic (exact) mass is 342 g/mol. The maximum Gasteiger partial charge on any atom is 0.303 e. The molecule has 0 saturated heterocycles. The molecule has 0 spiro atoms. The van der Waals surface area contributed by atoms with Gasteiger partial charge in [0.25, 0.3) is 0 Å². The highest BCUT2D eigenvalue weighted by atomic mass is 16.5. The van der Waals surface area contributed by atoms with E-state index in [0.29, 0.717) is 0 Å². The second-order valence-electron chi connectivity index (χ2n) is 6.24. The zero-order chi connectivity index (χ0) is 18.1. The zero-order valence-corrected chi connectivity index (χ0v) is 14.9. The van der Waals surface area contributed by atoms with E-state index in [2.05, 4.69) is 0 Å². The molecule has 2 aromatic rings. The topological polar surface area (TPSA) is 55.8 Å². The minimum atomic E-state index is -0.727. The molecule has 4 nitrogen and oxygen atoms in total. The minimum absolute atomic E-state index is 0.168.